The summed E-state index contributed by atoms with van der Waals surface area (Å²) in [5.41, 5.74) is 7.63. The molecule has 0 saturated carbocycles. The van der Waals surface area contributed by atoms with Crippen LogP contribution >= 0.6 is 0 Å². The molecule has 1 aromatic carbocycles. The first kappa shape index (κ1) is 13.2. The summed E-state index contributed by atoms with van der Waals surface area (Å²) in [6.45, 7) is 2.71. The lowest BCUT2D eigenvalue weighted by atomic mass is 10.1. The van der Waals surface area contributed by atoms with E-state index in [9.17, 15) is 4.79 Å². The van der Waals surface area contributed by atoms with E-state index in [1.54, 1.807) is 13.0 Å². The smallest absolute Gasteiger partial charge is 0.354 e. The number of fused-ring (bicyclic) bond motifs is 1. The molecular weight excluding hydrogens is 240 g/mol. The van der Waals surface area contributed by atoms with Crippen molar-refractivity contribution in [2.45, 2.75) is 13.3 Å². The Morgan fingerprint density at radius 3 is 3.00 bits per heavy atom. The second-order valence-electron chi connectivity index (χ2n) is 4.05. The molecule has 0 bridgehead atoms. The van der Waals surface area contributed by atoms with E-state index >= 15 is 0 Å². The second kappa shape index (κ2) is 6.07. The van der Waals surface area contributed by atoms with Gasteiger partial charge in [-0.15, -0.1) is 0 Å². The summed E-state index contributed by atoms with van der Waals surface area (Å²) in [6, 6.07) is 7.56. The standard InChI is InChI=1S/C15H16N2O2/c1-2-19-15(18)14-10-12-7-6-11(5-3-4-8-16)9-13(12)17-14/h6-7,9-10,17H,2,4,8,16H2,1H3. The first-order chi connectivity index (χ1) is 9.24. The summed E-state index contributed by atoms with van der Waals surface area (Å²) in [5.74, 6) is 5.68. The van der Waals surface area contributed by atoms with E-state index in [4.69, 9.17) is 10.5 Å². The third kappa shape index (κ3) is 3.15. The predicted molar refractivity (Wildman–Crippen MR) is 74.8 cm³/mol. The van der Waals surface area contributed by atoms with Crippen LogP contribution in [0.2, 0.25) is 0 Å². The van der Waals surface area contributed by atoms with Gasteiger partial charge in [0.1, 0.15) is 5.69 Å². The van der Waals surface area contributed by atoms with E-state index in [1.165, 1.54) is 0 Å². The molecule has 19 heavy (non-hydrogen) atoms. The number of hydrogen-bond donors (Lipinski definition) is 2. The molecule has 0 unspecified atom stereocenters. The lowest BCUT2D eigenvalue weighted by Crippen LogP contribution is -2.04. The maximum atomic E-state index is 11.6. The van der Waals surface area contributed by atoms with Gasteiger partial charge in [0.05, 0.1) is 6.61 Å². The average molecular weight is 256 g/mol. The first-order valence-corrected chi connectivity index (χ1v) is 6.23. The molecular formula is C15H16N2O2. The van der Waals surface area contributed by atoms with Crippen LogP contribution in [0.3, 0.4) is 0 Å². The number of H-pyrrole nitrogens is 1. The minimum atomic E-state index is -0.338. The zero-order valence-electron chi connectivity index (χ0n) is 10.8. The highest BCUT2D eigenvalue weighted by molar-refractivity contribution is 5.95. The van der Waals surface area contributed by atoms with Crippen LogP contribution < -0.4 is 5.73 Å². The first-order valence-electron chi connectivity index (χ1n) is 6.23. The van der Waals surface area contributed by atoms with Gasteiger partial charge >= 0.3 is 5.97 Å². The second-order valence-corrected chi connectivity index (χ2v) is 4.05. The maximum absolute atomic E-state index is 11.6. The molecule has 0 saturated heterocycles. The third-order valence-electron chi connectivity index (χ3n) is 2.62. The summed E-state index contributed by atoms with van der Waals surface area (Å²) in [7, 11) is 0. The number of aromatic nitrogens is 1. The fourth-order valence-corrected chi connectivity index (χ4v) is 1.76. The van der Waals surface area contributed by atoms with Crippen LogP contribution in [0, 0.1) is 11.8 Å². The van der Waals surface area contributed by atoms with E-state index < -0.39 is 0 Å². The van der Waals surface area contributed by atoms with Gasteiger partial charge in [-0.3, -0.25) is 0 Å². The highest BCUT2D eigenvalue weighted by Gasteiger charge is 2.09. The number of carbonyl (C=O) groups is 1. The molecule has 0 aliphatic carbocycles. The van der Waals surface area contributed by atoms with Crippen molar-refractivity contribution in [3.05, 3.63) is 35.5 Å². The summed E-state index contributed by atoms with van der Waals surface area (Å²) in [6.07, 6.45) is 0.677. The number of hydrogen-bond acceptors (Lipinski definition) is 3. The van der Waals surface area contributed by atoms with Crippen molar-refractivity contribution >= 4 is 16.9 Å². The molecule has 4 heteroatoms. The van der Waals surface area contributed by atoms with Crippen molar-refractivity contribution in [2.75, 3.05) is 13.2 Å². The highest BCUT2D eigenvalue weighted by atomic mass is 16.5. The van der Waals surface area contributed by atoms with Gasteiger partial charge in [0.2, 0.25) is 0 Å². The fourth-order valence-electron chi connectivity index (χ4n) is 1.76. The van der Waals surface area contributed by atoms with Gasteiger partial charge < -0.3 is 15.5 Å². The number of esters is 1. The predicted octanol–water partition coefficient (Wildman–Crippen LogP) is 2.04. The van der Waals surface area contributed by atoms with Crippen LogP contribution in [-0.2, 0) is 4.74 Å². The molecule has 0 aliphatic heterocycles. The lowest BCUT2D eigenvalue weighted by molar-refractivity contribution is 0.0520. The number of ether oxygens (including phenoxy) is 1. The van der Waals surface area contributed by atoms with Crippen LogP contribution in [0.5, 0.6) is 0 Å². The number of rotatable bonds is 3. The van der Waals surface area contributed by atoms with Crippen molar-refractivity contribution in [2.24, 2.45) is 5.73 Å². The minimum absolute atomic E-state index is 0.338. The van der Waals surface area contributed by atoms with E-state index in [2.05, 4.69) is 16.8 Å². The molecule has 1 aromatic heterocycles. The summed E-state index contributed by atoms with van der Waals surface area (Å²) < 4.78 is 4.96. The number of nitrogens with two attached hydrogens (primary N) is 1. The Balaban J connectivity index is 2.29. The van der Waals surface area contributed by atoms with Crippen molar-refractivity contribution in [3.8, 4) is 11.8 Å². The Kier molecular flexibility index (Phi) is 4.22. The molecule has 98 valence electrons. The van der Waals surface area contributed by atoms with E-state index in [-0.39, 0.29) is 5.97 Å². The zero-order valence-corrected chi connectivity index (χ0v) is 10.8. The number of benzene rings is 1. The molecule has 0 atom stereocenters. The average Bonchev–Trinajstić information content (AvgIpc) is 2.82. The fraction of sp³-hybridized carbons (Fsp3) is 0.267. The van der Waals surface area contributed by atoms with Gasteiger partial charge in [-0.05, 0) is 25.1 Å². The van der Waals surface area contributed by atoms with Crippen LogP contribution in [0.15, 0.2) is 24.3 Å². The molecule has 4 nitrogen and oxygen atoms in total. The molecule has 0 radical (unpaired) electrons. The Hall–Kier alpha value is -2.25. The van der Waals surface area contributed by atoms with Crippen LogP contribution in [0.25, 0.3) is 10.9 Å². The Morgan fingerprint density at radius 1 is 1.42 bits per heavy atom. The third-order valence-corrected chi connectivity index (χ3v) is 2.62. The summed E-state index contributed by atoms with van der Waals surface area (Å²) in [4.78, 5) is 14.7. The SMILES string of the molecule is CCOC(=O)c1cc2ccc(C#CCCN)cc2[nH]1. The molecule has 1 heterocycles. The van der Waals surface area contributed by atoms with Crippen molar-refractivity contribution < 1.29 is 9.53 Å². The van der Waals surface area contributed by atoms with Gasteiger partial charge in [0, 0.05) is 29.4 Å². The summed E-state index contributed by atoms with van der Waals surface area (Å²) in [5, 5.41) is 0.965. The lowest BCUT2D eigenvalue weighted by Gasteiger charge is -1.96. The highest BCUT2D eigenvalue weighted by Crippen LogP contribution is 2.17. The van der Waals surface area contributed by atoms with Crippen molar-refractivity contribution in [1.29, 1.82) is 0 Å². The van der Waals surface area contributed by atoms with Gasteiger partial charge in [0.15, 0.2) is 0 Å². The topological polar surface area (TPSA) is 68.1 Å². The molecule has 2 rings (SSSR count). The number of aromatic amines is 1. The normalized spacial score (nSPS) is 10.0. The number of carbonyl (C=O) groups excluding carboxylic acids is 1. The Labute approximate surface area is 111 Å². The van der Waals surface area contributed by atoms with E-state index in [0.29, 0.717) is 25.3 Å². The molecule has 2 aromatic rings. The Bertz CT molecular complexity index is 647. The van der Waals surface area contributed by atoms with Gasteiger partial charge in [-0.1, -0.05) is 17.9 Å². The monoisotopic (exact) mass is 256 g/mol. The van der Waals surface area contributed by atoms with Gasteiger partial charge in [0.25, 0.3) is 0 Å². The van der Waals surface area contributed by atoms with Gasteiger partial charge in [-0.25, -0.2) is 4.79 Å². The van der Waals surface area contributed by atoms with Crippen LogP contribution in [0.1, 0.15) is 29.4 Å². The zero-order chi connectivity index (χ0) is 13.7. The quantitative estimate of drug-likeness (QED) is 0.652. The largest absolute Gasteiger partial charge is 0.461 e. The number of nitrogens with one attached hydrogen (secondary N) is 1. The maximum Gasteiger partial charge on any atom is 0.354 e. The molecule has 0 aliphatic rings. The van der Waals surface area contributed by atoms with Crippen LogP contribution in [0.4, 0.5) is 0 Å². The molecule has 3 N–H and O–H groups in total. The van der Waals surface area contributed by atoms with Crippen molar-refractivity contribution in [1.82, 2.24) is 4.98 Å². The molecule has 0 amide bonds. The van der Waals surface area contributed by atoms with E-state index in [0.717, 1.165) is 16.5 Å². The van der Waals surface area contributed by atoms with Crippen molar-refractivity contribution in [3.63, 3.8) is 0 Å². The minimum Gasteiger partial charge on any atom is -0.461 e. The molecule has 0 fully saturated rings. The molecule has 0 spiro atoms. The van der Waals surface area contributed by atoms with E-state index in [1.807, 2.05) is 18.2 Å². The Morgan fingerprint density at radius 2 is 2.26 bits per heavy atom. The summed E-state index contributed by atoms with van der Waals surface area (Å²) >= 11 is 0. The van der Waals surface area contributed by atoms with Crippen LogP contribution in [-0.4, -0.2) is 24.1 Å². The van der Waals surface area contributed by atoms with Gasteiger partial charge in [-0.2, -0.15) is 0 Å².